The molecule has 0 unspecified atom stereocenters. The third kappa shape index (κ3) is 5.21. The molecule has 5 aromatic carbocycles. The average molecular weight is 715 g/mol. The highest BCUT2D eigenvalue weighted by Crippen LogP contribution is 2.54. The number of fused-ring (bicyclic) bond motifs is 2. The van der Waals surface area contributed by atoms with E-state index in [0.717, 1.165) is 88.3 Å². The zero-order chi connectivity index (χ0) is 38.0. The van der Waals surface area contributed by atoms with E-state index >= 15 is 0 Å². The minimum atomic E-state index is -4.56. The largest absolute Gasteiger partial charge is 0.356 e. The van der Waals surface area contributed by atoms with Crippen LogP contribution in [-0.4, -0.2) is 19.6 Å². The Hall–Kier alpha value is -3.08. The van der Waals surface area contributed by atoms with Crippen LogP contribution < -0.4 is 10.6 Å². The summed E-state index contributed by atoms with van der Waals surface area (Å²) in [6.45, 7) is 32.6. The normalized spacial score (nSPS) is 12.6. The number of hydrogen-bond acceptors (Lipinski definition) is 2. The summed E-state index contributed by atoms with van der Waals surface area (Å²) < 4.78 is 25.7. The van der Waals surface area contributed by atoms with Gasteiger partial charge in [0, 0.05) is 0 Å². The van der Waals surface area contributed by atoms with Gasteiger partial charge in [0.1, 0.15) is 0 Å². The monoisotopic (exact) mass is 714 g/mol. The van der Waals surface area contributed by atoms with E-state index in [4.69, 9.17) is 0 Å². The fourth-order valence-electron chi connectivity index (χ4n) is 8.83. The number of hydrogen-bond donors (Lipinski definition) is 4. The number of rotatable bonds is 4. The molecule has 50 heavy (non-hydrogen) atoms. The Kier molecular flexibility index (Phi) is 9.36. The lowest BCUT2D eigenvalue weighted by atomic mass is 9.73. The zero-order valence-corrected chi connectivity index (χ0v) is 34.3. The molecule has 0 bridgehead atoms. The summed E-state index contributed by atoms with van der Waals surface area (Å²) in [5.41, 5.74) is 19.2. The highest BCUT2D eigenvalue weighted by Gasteiger charge is 2.33. The van der Waals surface area contributed by atoms with Crippen LogP contribution in [-0.2, 0) is 9.13 Å². The maximum atomic E-state index is 12.9. The Bertz CT molecular complexity index is 2160. The summed E-state index contributed by atoms with van der Waals surface area (Å²) in [5.74, 6) is 0. The molecule has 0 saturated carbocycles. The Morgan fingerprint density at radius 1 is 0.260 bits per heavy atom. The van der Waals surface area contributed by atoms with Gasteiger partial charge in [-0.3, -0.25) is 9.13 Å². The molecule has 0 aromatic heterocycles. The lowest BCUT2D eigenvalue weighted by molar-refractivity contribution is 0.385. The predicted molar refractivity (Wildman–Crippen MR) is 211 cm³/mol. The summed E-state index contributed by atoms with van der Waals surface area (Å²) in [7, 11) is -9.12. The minimum Gasteiger partial charge on any atom is -0.321 e. The van der Waals surface area contributed by atoms with Gasteiger partial charge in [0.25, 0.3) is 0 Å². The molecule has 0 spiro atoms. The molecule has 0 radical (unpaired) electrons. The Balaban J connectivity index is 2.32. The molecule has 0 amide bonds. The van der Waals surface area contributed by atoms with Gasteiger partial charge < -0.3 is 19.6 Å². The van der Waals surface area contributed by atoms with Crippen LogP contribution in [0.1, 0.15) is 89.0 Å². The number of aryl methyl sites for hydroxylation is 4. The molecule has 0 aliphatic rings. The highest BCUT2D eigenvalue weighted by molar-refractivity contribution is 7.60. The highest BCUT2D eigenvalue weighted by atomic mass is 31.2. The molecule has 266 valence electrons. The summed E-state index contributed by atoms with van der Waals surface area (Å²) in [4.78, 5) is 42.0. The van der Waals surface area contributed by atoms with Crippen LogP contribution in [0, 0.1) is 111 Å². The third-order valence-electron chi connectivity index (χ3n) is 12.6. The Morgan fingerprint density at radius 2 is 0.440 bits per heavy atom. The van der Waals surface area contributed by atoms with Crippen molar-refractivity contribution in [2.24, 2.45) is 0 Å². The van der Waals surface area contributed by atoms with Crippen LogP contribution in [0.15, 0.2) is 0 Å². The molecule has 0 aliphatic carbocycles. The van der Waals surface area contributed by atoms with Crippen molar-refractivity contribution >= 4 is 47.3 Å². The van der Waals surface area contributed by atoms with Crippen LogP contribution in [0.2, 0.25) is 0 Å². The first kappa shape index (κ1) is 38.2. The minimum absolute atomic E-state index is 0.101. The molecular formula is C42H52O6P2. The molecule has 0 atom stereocenters. The van der Waals surface area contributed by atoms with Gasteiger partial charge in [0.2, 0.25) is 0 Å². The third-order valence-corrected chi connectivity index (χ3v) is 15.1. The topological polar surface area (TPSA) is 115 Å². The Morgan fingerprint density at radius 3 is 0.600 bits per heavy atom. The maximum Gasteiger partial charge on any atom is 0.356 e. The lowest BCUT2D eigenvalue weighted by Crippen LogP contribution is -2.18. The SMILES string of the molecule is Cc1c(C)c(P(=O)(O)O)c(C)c(C)c1-c1c2c(C)c(C)c(C)c(C)c2c(-c2c(C)c(C)c(P(=O)(O)O)c(C)c2C)c2c(C)c(C)c(C)c(C)c12. The predicted octanol–water partition coefficient (Wildman–Crippen LogP) is 9.87. The lowest BCUT2D eigenvalue weighted by Gasteiger charge is -2.31. The van der Waals surface area contributed by atoms with E-state index in [0.29, 0.717) is 22.3 Å². The van der Waals surface area contributed by atoms with Gasteiger partial charge in [-0.1, -0.05) is 0 Å². The summed E-state index contributed by atoms with van der Waals surface area (Å²) in [5, 5.41) is 4.59. The van der Waals surface area contributed by atoms with Gasteiger partial charge in [-0.2, -0.15) is 0 Å². The quantitative estimate of drug-likeness (QED) is 0.109. The van der Waals surface area contributed by atoms with E-state index < -0.39 is 15.2 Å². The number of benzene rings is 5. The van der Waals surface area contributed by atoms with E-state index in [1.54, 1.807) is 0 Å². The fraction of sp³-hybridized carbons (Fsp3) is 0.381. The van der Waals surface area contributed by atoms with Crippen LogP contribution in [0.4, 0.5) is 0 Å². The van der Waals surface area contributed by atoms with Crippen molar-refractivity contribution in [3.8, 4) is 22.3 Å². The molecule has 4 N–H and O–H groups in total. The summed E-state index contributed by atoms with van der Waals surface area (Å²) in [6.07, 6.45) is 0. The van der Waals surface area contributed by atoms with Crippen molar-refractivity contribution in [1.82, 2.24) is 0 Å². The van der Waals surface area contributed by atoms with E-state index in [1.165, 1.54) is 22.3 Å². The molecule has 5 rings (SSSR count). The second-order valence-electron chi connectivity index (χ2n) is 14.8. The zero-order valence-electron chi connectivity index (χ0n) is 32.5. The van der Waals surface area contributed by atoms with Gasteiger partial charge in [0.05, 0.1) is 10.6 Å². The van der Waals surface area contributed by atoms with Gasteiger partial charge in [0.15, 0.2) is 0 Å². The van der Waals surface area contributed by atoms with Crippen molar-refractivity contribution in [2.45, 2.75) is 111 Å². The molecule has 8 heteroatoms. The average Bonchev–Trinajstić information content (AvgIpc) is 3.01. The molecule has 0 heterocycles. The molecule has 5 aromatic rings. The first-order chi connectivity index (χ1) is 22.8. The van der Waals surface area contributed by atoms with Gasteiger partial charge in [-0.15, -0.1) is 0 Å². The van der Waals surface area contributed by atoms with Crippen molar-refractivity contribution in [3.05, 3.63) is 89.0 Å². The van der Waals surface area contributed by atoms with Crippen LogP contribution >= 0.6 is 15.2 Å². The smallest absolute Gasteiger partial charge is 0.321 e. The van der Waals surface area contributed by atoms with Crippen LogP contribution in [0.3, 0.4) is 0 Å². The molecule has 6 nitrogen and oxygen atoms in total. The van der Waals surface area contributed by atoms with Gasteiger partial charge >= 0.3 is 15.2 Å². The van der Waals surface area contributed by atoms with E-state index in [2.05, 4.69) is 55.4 Å². The van der Waals surface area contributed by atoms with E-state index in [-0.39, 0.29) is 10.6 Å². The molecule has 0 aliphatic heterocycles. The standard InChI is InChI=1S/C42H52O6P2/c1-17-18(2)22(6)36-35(21(17)5)39(33-25(9)29(13)41(49(43,44)45)30(14)26(33)10)37-23(7)19(3)20(4)24(8)38(37)40(36)34-27(11)31(15)42(50(46,47)48)32(16)28(34)12/h1-16H3,(H2,43,44,45)(H2,46,47,48). The summed E-state index contributed by atoms with van der Waals surface area (Å²) in [6, 6.07) is 0. The van der Waals surface area contributed by atoms with Gasteiger partial charge in [-0.25, -0.2) is 0 Å². The molecule has 0 saturated heterocycles. The van der Waals surface area contributed by atoms with E-state index in [1.807, 2.05) is 55.4 Å². The van der Waals surface area contributed by atoms with E-state index in [9.17, 15) is 28.7 Å². The first-order valence-electron chi connectivity index (χ1n) is 17.1. The molecule has 0 fully saturated rings. The fourth-order valence-corrected chi connectivity index (χ4v) is 11.3. The van der Waals surface area contributed by atoms with Crippen molar-refractivity contribution in [3.63, 3.8) is 0 Å². The second kappa shape index (κ2) is 12.3. The molecular weight excluding hydrogens is 662 g/mol. The van der Waals surface area contributed by atoms with Crippen molar-refractivity contribution < 1.29 is 28.7 Å². The van der Waals surface area contributed by atoms with Crippen molar-refractivity contribution in [1.29, 1.82) is 0 Å². The van der Waals surface area contributed by atoms with Crippen LogP contribution in [0.5, 0.6) is 0 Å². The Labute approximate surface area is 297 Å². The maximum absolute atomic E-state index is 12.9. The second-order valence-corrected chi connectivity index (χ2v) is 17.9. The van der Waals surface area contributed by atoms with Gasteiger partial charge in [-0.05, 0) is 244 Å². The summed E-state index contributed by atoms with van der Waals surface area (Å²) >= 11 is 0. The first-order valence-corrected chi connectivity index (χ1v) is 20.3. The van der Waals surface area contributed by atoms with Crippen LogP contribution in [0.25, 0.3) is 43.8 Å². The van der Waals surface area contributed by atoms with Crippen molar-refractivity contribution in [2.75, 3.05) is 0 Å².